The molecule has 3 N–H and O–H groups in total. The maximum atomic E-state index is 11.7. The Bertz CT molecular complexity index is 426. The highest BCUT2D eigenvalue weighted by Gasteiger charge is 2.37. The molecule has 3 heteroatoms. The molecule has 1 atom stereocenters. The van der Waals surface area contributed by atoms with Crippen LogP contribution in [0.3, 0.4) is 0 Å². The van der Waals surface area contributed by atoms with Crippen LogP contribution < -0.4 is 11.1 Å². The molecule has 2 rings (SSSR count). The van der Waals surface area contributed by atoms with Crippen LogP contribution in [0.5, 0.6) is 0 Å². The van der Waals surface area contributed by atoms with Gasteiger partial charge in [0.25, 0.3) is 0 Å². The van der Waals surface area contributed by atoms with Gasteiger partial charge in [-0.3, -0.25) is 4.79 Å². The van der Waals surface area contributed by atoms with Crippen LogP contribution >= 0.6 is 0 Å². The number of nitrogens with one attached hydrogen (secondary N) is 1. The number of primary amides is 1. The van der Waals surface area contributed by atoms with Crippen molar-refractivity contribution < 1.29 is 4.79 Å². The smallest absolute Gasteiger partial charge is 0.242 e. The summed E-state index contributed by atoms with van der Waals surface area (Å²) < 4.78 is 0. The lowest BCUT2D eigenvalue weighted by atomic mass is 9.93. The molecular formula is C14H20N2O. The van der Waals surface area contributed by atoms with Crippen LogP contribution in [0.1, 0.15) is 31.7 Å². The van der Waals surface area contributed by atoms with Crippen LogP contribution in [0.25, 0.3) is 0 Å². The number of carbonyl (C=O) groups is 1. The molecule has 0 aromatic heterocycles. The molecule has 0 spiro atoms. The van der Waals surface area contributed by atoms with Gasteiger partial charge in [-0.05, 0) is 37.8 Å². The van der Waals surface area contributed by atoms with E-state index >= 15 is 0 Å². The molecule has 1 saturated carbocycles. The second-order valence-electron chi connectivity index (χ2n) is 5.28. The fourth-order valence-corrected chi connectivity index (χ4v) is 2.12. The fraction of sp³-hybridized carbons (Fsp3) is 0.500. The first-order valence-corrected chi connectivity index (χ1v) is 6.15. The van der Waals surface area contributed by atoms with Gasteiger partial charge < -0.3 is 11.1 Å². The Balaban J connectivity index is 2.17. The average molecular weight is 232 g/mol. The van der Waals surface area contributed by atoms with E-state index in [-0.39, 0.29) is 5.91 Å². The van der Waals surface area contributed by atoms with E-state index in [9.17, 15) is 4.79 Å². The number of carbonyl (C=O) groups excluding carboxylic acids is 1. The van der Waals surface area contributed by atoms with Crippen molar-refractivity contribution in [3.8, 4) is 0 Å². The Hall–Kier alpha value is -1.51. The van der Waals surface area contributed by atoms with Gasteiger partial charge in [-0.15, -0.1) is 0 Å². The standard InChI is InChI=1S/C14H20N2O/c1-10-5-3-4-6-12(10)16-14(2,13(15)17)9-11-7-8-11/h3-6,11,16H,7-9H2,1-2H3,(H2,15,17). The lowest BCUT2D eigenvalue weighted by molar-refractivity contribution is -0.122. The summed E-state index contributed by atoms with van der Waals surface area (Å²) in [4.78, 5) is 11.7. The van der Waals surface area contributed by atoms with E-state index in [2.05, 4.69) is 5.32 Å². The first-order valence-electron chi connectivity index (χ1n) is 6.15. The molecule has 1 aromatic carbocycles. The largest absolute Gasteiger partial charge is 0.371 e. The minimum Gasteiger partial charge on any atom is -0.371 e. The van der Waals surface area contributed by atoms with E-state index in [1.165, 1.54) is 12.8 Å². The van der Waals surface area contributed by atoms with Gasteiger partial charge >= 0.3 is 0 Å². The van der Waals surface area contributed by atoms with Crippen LogP contribution in [-0.4, -0.2) is 11.4 Å². The highest BCUT2D eigenvalue weighted by Crippen LogP contribution is 2.38. The SMILES string of the molecule is Cc1ccccc1NC(C)(CC1CC1)C(N)=O. The monoisotopic (exact) mass is 232 g/mol. The molecular weight excluding hydrogens is 212 g/mol. The van der Waals surface area contributed by atoms with Crippen molar-refractivity contribution in [2.75, 3.05) is 5.32 Å². The molecule has 1 unspecified atom stereocenters. The van der Waals surface area contributed by atoms with Crippen LogP contribution in [0.4, 0.5) is 5.69 Å². The Morgan fingerprint density at radius 3 is 2.65 bits per heavy atom. The van der Waals surface area contributed by atoms with Crippen molar-refractivity contribution in [3.05, 3.63) is 29.8 Å². The maximum Gasteiger partial charge on any atom is 0.242 e. The molecule has 1 aromatic rings. The second kappa shape index (κ2) is 4.40. The third kappa shape index (κ3) is 2.78. The molecule has 17 heavy (non-hydrogen) atoms. The summed E-state index contributed by atoms with van der Waals surface area (Å²) >= 11 is 0. The van der Waals surface area contributed by atoms with Gasteiger partial charge in [0.2, 0.25) is 5.91 Å². The minimum absolute atomic E-state index is 0.271. The summed E-state index contributed by atoms with van der Waals surface area (Å²) in [6, 6.07) is 7.97. The summed E-state index contributed by atoms with van der Waals surface area (Å²) in [5.41, 5.74) is 7.04. The minimum atomic E-state index is -0.632. The van der Waals surface area contributed by atoms with E-state index in [0.717, 1.165) is 17.7 Å². The molecule has 0 saturated heterocycles. The van der Waals surface area contributed by atoms with Crippen LogP contribution in [0, 0.1) is 12.8 Å². The number of nitrogens with two attached hydrogens (primary N) is 1. The second-order valence-corrected chi connectivity index (χ2v) is 5.28. The lowest BCUT2D eigenvalue weighted by Gasteiger charge is -2.29. The Morgan fingerprint density at radius 1 is 1.47 bits per heavy atom. The van der Waals surface area contributed by atoms with Crippen molar-refractivity contribution in [3.63, 3.8) is 0 Å². The third-order valence-electron chi connectivity index (χ3n) is 3.49. The maximum absolute atomic E-state index is 11.7. The van der Waals surface area contributed by atoms with E-state index < -0.39 is 5.54 Å². The van der Waals surface area contributed by atoms with Crippen LogP contribution in [0.2, 0.25) is 0 Å². The molecule has 0 heterocycles. The van der Waals surface area contributed by atoms with E-state index in [1.54, 1.807) is 0 Å². The van der Waals surface area contributed by atoms with E-state index in [4.69, 9.17) is 5.73 Å². The van der Waals surface area contributed by atoms with E-state index in [1.807, 2.05) is 38.1 Å². The van der Waals surface area contributed by atoms with Gasteiger partial charge in [0.05, 0.1) is 0 Å². The number of rotatable bonds is 5. The van der Waals surface area contributed by atoms with Gasteiger partial charge in [-0.25, -0.2) is 0 Å². The normalized spacial score (nSPS) is 18.5. The number of benzene rings is 1. The molecule has 0 radical (unpaired) electrons. The zero-order chi connectivity index (χ0) is 12.5. The van der Waals surface area contributed by atoms with Crippen molar-refractivity contribution in [1.29, 1.82) is 0 Å². The summed E-state index contributed by atoms with van der Waals surface area (Å²) in [6.07, 6.45) is 3.27. The summed E-state index contributed by atoms with van der Waals surface area (Å²) in [6.45, 7) is 3.93. The zero-order valence-electron chi connectivity index (χ0n) is 10.5. The van der Waals surface area contributed by atoms with Gasteiger partial charge in [0.1, 0.15) is 5.54 Å². The number of anilines is 1. The zero-order valence-corrected chi connectivity index (χ0v) is 10.5. The first-order chi connectivity index (χ1) is 8.01. The quantitative estimate of drug-likeness (QED) is 0.819. The molecule has 3 nitrogen and oxygen atoms in total. The van der Waals surface area contributed by atoms with Crippen molar-refractivity contribution in [2.45, 2.75) is 38.6 Å². The van der Waals surface area contributed by atoms with Crippen LogP contribution in [0.15, 0.2) is 24.3 Å². The molecule has 1 fully saturated rings. The number of hydrogen-bond acceptors (Lipinski definition) is 2. The number of aryl methyl sites for hydroxylation is 1. The fourth-order valence-electron chi connectivity index (χ4n) is 2.12. The van der Waals surface area contributed by atoms with Gasteiger partial charge in [-0.1, -0.05) is 31.0 Å². The Kier molecular flexibility index (Phi) is 3.09. The number of hydrogen-bond donors (Lipinski definition) is 2. The van der Waals surface area contributed by atoms with Crippen molar-refractivity contribution in [1.82, 2.24) is 0 Å². The molecule has 0 bridgehead atoms. The highest BCUT2D eigenvalue weighted by atomic mass is 16.1. The predicted molar refractivity (Wildman–Crippen MR) is 69.7 cm³/mol. The lowest BCUT2D eigenvalue weighted by Crippen LogP contribution is -2.48. The van der Waals surface area contributed by atoms with Gasteiger partial charge in [-0.2, -0.15) is 0 Å². The summed E-state index contributed by atoms with van der Waals surface area (Å²) in [7, 11) is 0. The highest BCUT2D eigenvalue weighted by molar-refractivity contribution is 5.87. The predicted octanol–water partition coefficient (Wildman–Crippen LogP) is 2.45. The first kappa shape index (κ1) is 12.0. The van der Waals surface area contributed by atoms with Crippen LogP contribution in [-0.2, 0) is 4.79 Å². The Morgan fingerprint density at radius 2 is 2.12 bits per heavy atom. The molecule has 1 aliphatic carbocycles. The summed E-state index contributed by atoms with van der Waals surface area (Å²) in [5.74, 6) is 0.386. The average Bonchev–Trinajstić information content (AvgIpc) is 3.05. The topological polar surface area (TPSA) is 55.1 Å². The number of para-hydroxylation sites is 1. The number of amides is 1. The van der Waals surface area contributed by atoms with Gasteiger partial charge in [0, 0.05) is 5.69 Å². The third-order valence-corrected chi connectivity index (χ3v) is 3.49. The van der Waals surface area contributed by atoms with Crippen molar-refractivity contribution >= 4 is 11.6 Å². The Labute approximate surface area is 102 Å². The molecule has 1 aliphatic rings. The molecule has 0 aliphatic heterocycles. The molecule has 92 valence electrons. The molecule has 1 amide bonds. The van der Waals surface area contributed by atoms with Crippen molar-refractivity contribution in [2.24, 2.45) is 11.7 Å². The van der Waals surface area contributed by atoms with E-state index in [0.29, 0.717) is 5.92 Å². The van der Waals surface area contributed by atoms with Gasteiger partial charge in [0.15, 0.2) is 0 Å². The summed E-state index contributed by atoms with van der Waals surface area (Å²) in [5, 5.41) is 3.32.